The Labute approximate surface area is 161 Å². The molecule has 0 bridgehead atoms. The second-order valence-electron chi connectivity index (χ2n) is 5.70. The zero-order valence-corrected chi connectivity index (χ0v) is 15.8. The molecule has 0 spiro atoms. The summed E-state index contributed by atoms with van der Waals surface area (Å²) in [6.45, 7) is 3.99. The van der Waals surface area contributed by atoms with Gasteiger partial charge in [-0.2, -0.15) is 0 Å². The number of rotatable bonds is 7. The van der Waals surface area contributed by atoms with Gasteiger partial charge in [-0.05, 0) is 43.7 Å². The lowest BCUT2D eigenvalue weighted by Gasteiger charge is -2.11. The summed E-state index contributed by atoms with van der Waals surface area (Å²) >= 11 is 12.0. The van der Waals surface area contributed by atoms with Crippen LogP contribution in [0.4, 0.5) is 5.95 Å². The van der Waals surface area contributed by atoms with Crippen molar-refractivity contribution in [1.29, 1.82) is 0 Å². The number of ether oxygens (including phenoxy) is 1. The summed E-state index contributed by atoms with van der Waals surface area (Å²) in [7, 11) is 0. The quantitative estimate of drug-likeness (QED) is 0.575. The van der Waals surface area contributed by atoms with Gasteiger partial charge in [0, 0.05) is 24.8 Å². The first-order valence-electron chi connectivity index (χ1n) is 8.39. The van der Waals surface area contributed by atoms with E-state index >= 15 is 0 Å². The number of para-hydroxylation sites is 2. The molecule has 0 atom stereocenters. The van der Waals surface area contributed by atoms with Gasteiger partial charge in [0.1, 0.15) is 0 Å². The molecule has 1 amide bonds. The van der Waals surface area contributed by atoms with Gasteiger partial charge in [-0.25, -0.2) is 4.98 Å². The predicted molar refractivity (Wildman–Crippen MR) is 105 cm³/mol. The van der Waals surface area contributed by atoms with Gasteiger partial charge in [0.15, 0.2) is 0 Å². The molecule has 1 heterocycles. The van der Waals surface area contributed by atoms with E-state index in [1.165, 1.54) is 0 Å². The Morgan fingerprint density at radius 2 is 2.04 bits per heavy atom. The van der Waals surface area contributed by atoms with Crippen molar-refractivity contribution in [3.05, 3.63) is 58.1 Å². The summed E-state index contributed by atoms with van der Waals surface area (Å²) in [5, 5.41) is 3.64. The fourth-order valence-corrected chi connectivity index (χ4v) is 3.20. The zero-order chi connectivity index (χ0) is 18.5. The number of halogens is 2. The monoisotopic (exact) mass is 391 g/mol. The molecule has 0 aliphatic heterocycles. The number of aromatic nitrogens is 2. The average molecular weight is 392 g/mol. The standard InChI is InChI=1S/C19H19Cl2N3O2/c1-2-26-11-5-10-24-17-7-4-3-6-16(17)22-19(24)23-18(25)14-9-8-13(20)12-15(14)21/h3-4,6-9,12H,2,5,10-11H2,1H3,(H,22,23,25). The second-order valence-corrected chi connectivity index (χ2v) is 6.55. The van der Waals surface area contributed by atoms with Crippen molar-refractivity contribution in [2.75, 3.05) is 18.5 Å². The van der Waals surface area contributed by atoms with E-state index in [9.17, 15) is 4.79 Å². The number of aryl methyl sites for hydroxylation is 1. The van der Waals surface area contributed by atoms with Gasteiger partial charge in [-0.3, -0.25) is 10.1 Å². The third-order valence-corrected chi connectivity index (χ3v) is 4.48. The van der Waals surface area contributed by atoms with Crippen molar-refractivity contribution in [1.82, 2.24) is 9.55 Å². The lowest BCUT2D eigenvalue weighted by Crippen LogP contribution is -2.17. The van der Waals surface area contributed by atoms with Crippen LogP contribution in [-0.2, 0) is 11.3 Å². The molecule has 3 aromatic rings. The molecule has 3 rings (SSSR count). The molecule has 1 N–H and O–H groups in total. The summed E-state index contributed by atoms with van der Waals surface area (Å²) in [5.41, 5.74) is 2.13. The first kappa shape index (κ1) is 18.7. The molecule has 26 heavy (non-hydrogen) atoms. The smallest absolute Gasteiger partial charge is 0.259 e. The van der Waals surface area contributed by atoms with Gasteiger partial charge in [0.2, 0.25) is 5.95 Å². The predicted octanol–water partition coefficient (Wildman–Crippen LogP) is 5.02. The normalized spacial score (nSPS) is 11.0. The number of carbonyl (C=O) groups is 1. The minimum Gasteiger partial charge on any atom is -0.382 e. The van der Waals surface area contributed by atoms with Crippen LogP contribution in [0.3, 0.4) is 0 Å². The highest BCUT2D eigenvalue weighted by Gasteiger charge is 2.16. The molecule has 0 aliphatic rings. The third kappa shape index (κ3) is 4.18. The van der Waals surface area contributed by atoms with Gasteiger partial charge in [-0.1, -0.05) is 35.3 Å². The number of carbonyl (C=O) groups excluding carboxylic acids is 1. The van der Waals surface area contributed by atoms with Crippen LogP contribution in [0.25, 0.3) is 11.0 Å². The molecule has 1 aromatic heterocycles. The minimum absolute atomic E-state index is 0.300. The molecule has 0 unspecified atom stereocenters. The largest absolute Gasteiger partial charge is 0.382 e. The lowest BCUT2D eigenvalue weighted by atomic mass is 10.2. The fraction of sp³-hybridized carbons (Fsp3) is 0.263. The van der Waals surface area contributed by atoms with Crippen LogP contribution in [0.15, 0.2) is 42.5 Å². The van der Waals surface area contributed by atoms with E-state index in [1.54, 1.807) is 18.2 Å². The van der Waals surface area contributed by atoms with E-state index in [2.05, 4.69) is 10.3 Å². The van der Waals surface area contributed by atoms with Crippen LogP contribution in [0, 0.1) is 0 Å². The average Bonchev–Trinajstić information content (AvgIpc) is 2.96. The molecular weight excluding hydrogens is 373 g/mol. The minimum atomic E-state index is -0.326. The molecule has 5 nitrogen and oxygen atoms in total. The first-order valence-corrected chi connectivity index (χ1v) is 9.15. The Morgan fingerprint density at radius 1 is 1.23 bits per heavy atom. The van der Waals surface area contributed by atoms with E-state index in [1.807, 2.05) is 35.8 Å². The van der Waals surface area contributed by atoms with Crippen LogP contribution in [0.1, 0.15) is 23.7 Å². The first-order chi connectivity index (χ1) is 12.6. The molecular formula is C19H19Cl2N3O2. The van der Waals surface area contributed by atoms with E-state index in [0.717, 1.165) is 17.5 Å². The Bertz CT molecular complexity index is 924. The van der Waals surface area contributed by atoms with Gasteiger partial charge < -0.3 is 9.30 Å². The van der Waals surface area contributed by atoms with Crippen molar-refractivity contribution < 1.29 is 9.53 Å². The van der Waals surface area contributed by atoms with Crippen molar-refractivity contribution in [2.45, 2.75) is 19.9 Å². The number of imidazole rings is 1. The van der Waals surface area contributed by atoms with Crippen molar-refractivity contribution in [2.24, 2.45) is 0 Å². The van der Waals surface area contributed by atoms with Crippen LogP contribution in [-0.4, -0.2) is 28.7 Å². The number of amides is 1. The van der Waals surface area contributed by atoms with Crippen molar-refractivity contribution in [3.8, 4) is 0 Å². The molecule has 0 saturated carbocycles. The molecule has 136 valence electrons. The topological polar surface area (TPSA) is 56.1 Å². The Hall–Kier alpha value is -2.08. The van der Waals surface area contributed by atoms with Crippen LogP contribution in [0.2, 0.25) is 10.0 Å². The third-order valence-electron chi connectivity index (χ3n) is 3.93. The van der Waals surface area contributed by atoms with Gasteiger partial charge >= 0.3 is 0 Å². The Balaban J connectivity index is 1.87. The molecule has 7 heteroatoms. The molecule has 0 radical (unpaired) electrons. The van der Waals surface area contributed by atoms with Gasteiger partial charge in [0.05, 0.1) is 21.6 Å². The van der Waals surface area contributed by atoms with Crippen molar-refractivity contribution in [3.63, 3.8) is 0 Å². The van der Waals surface area contributed by atoms with Crippen LogP contribution >= 0.6 is 23.2 Å². The van der Waals surface area contributed by atoms with Crippen LogP contribution < -0.4 is 5.32 Å². The van der Waals surface area contributed by atoms with E-state index < -0.39 is 0 Å². The van der Waals surface area contributed by atoms with Crippen LogP contribution in [0.5, 0.6) is 0 Å². The van der Waals surface area contributed by atoms with Gasteiger partial charge in [0.25, 0.3) is 5.91 Å². The summed E-state index contributed by atoms with van der Waals surface area (Å²) in [5.74, 6) is 0.159. The number of benzene rings is 2. The summed E-state index contributed by atoms with van der Waals surface area (Å²) in [6, 6.07) is 12.5. The fourth-order valence-electron chi connectivity index (χ4n) is 2.71. The summed E-state index contributed by atoms with van der Waals surface area (Å²) < 4.78 is 7.39. The van der Waals surface area contributed by atoms with Crippen molar-refractivity contribution >= 4 is 46.1 Å². The maximum absolute atomic E-state index is 12.6. The molecule has 0 fully saturated rings. The number of hydrogen-bond donors (Lipinski definition) is 1. The number of fused-ring (bicyclic) bond motifs is 1. The number of hydrogen-bond acceptors (Lipinski definition) is 3. The highest BCUT2D eigenvalue weighted by Crippen LogP contribution is 2.24. The zero-order valence-electron chi connectivity index (χ0n) is 14.3. The molecule has 2 aromatic carbocycles. The van der Waals surface area contributed by atoms with Gasteiger partial charge in [-0.15, -0.1) is 0 Å². The molecule has 0 aliphatic carbocycles. The number of nitrogens with one attached hydrogen (secondary N) is 1. The van der Waals surface area contributed by atoms with E-state index in [4.69, 9.17) is 27.9 Å². The maximum Gasteiger partial charge on any atom is 0.259 e. The highest BCUT2D eigenvalue weighted by atomic mass is 35.5. The SMILES string of the molecule is CCOCCCn1c(NC(=O)c2ccc(Cl)cc2Cl)nc2ccccc21. The van der Waals surface area contributed by atoms with E-state index in [0.29, 0.717) is 41.3 Å². The number of nitrogens with zero attached hydrogens (tertiary/aromatic N) is 2. The number of anilines is 1. The van der Waals surface area contributed by atoms with E-state index in [-0.39, 0.29) is 5.91 Å². The molecule has 0 saturated heterocycles. The second kappa shape index (κ2) is 8.54. The summed E-state index contributed by atoms with van der Waals surface area (Å²) in [6.07, 6.45) is 0.818. The highest BCUT2D eigenvalue weighted by molar-refractivity contribution is 6.37. The Kier molecular flexibility index (Phi) is 6.14. The summed E-state index contributed by atoms with van der Waals surface area (Å²) in [4.78, 5) is 17.2. The maximum atomic E-state index is 12.6. The lowest BCUT2D eigenvalue weighted by molar-refractivity contribution is 0.102. The Morgan fingerprint density at radius 3 is 2.81 bits per heavy atom.